The van der Waals surface area contributed by atoms with Crippen molar-refractivity contribution < 1.29 is 0 Å². The summed E-state index contributed by atoms with van der Waals surface area (Å²) in [6.07, 6.45) is 6.46. The molecule has 0 amide bonds. The Kier molecular flexibility index (Phi) is 2.18. The predicted octanol–water partition coefficient (Wildman–Crippen LogP) is 1.49. The van der Waals surface area contributed by atoms with Crippen LogP contribution in [0, 0.1) is 5.92 Å². The van der Waals surface area contributed by atoms with Crippen molar-refractivity contribution in [3.05, 3.63) is 36.2 Å². The summed E-state index contributed by atoms with van der Waals surface area (Å²) in [5.41, 5.74) is 2.63. The maximum atomic E-state index is 4.36. The van der Waals surface area contributed by atoms with Crippen molar-refractivity contribution in [2.24, 2.45) is 5.92 Å². The van der Waals surface area contributed by atoms with Crippen molar-refractivity contribution in [1.82, 2.24) is 14.9 Å². The Bertz CT molecular complexity index is 455. The Morgan fingerprint density at radius 3 is 3.33 bits per heavy atom. The Morgan fingerprint density at radius 1 is 1.47 bits per heavy atom. The van der Waals surface area contributed by atoms with Gasteiger partial charge in [0.25, 0.3) is 0 Å². The van der Waals surface area contributed by atoms with E-state index in [1.807, 2.05) is 23.0 Å². The molecule has 3 heteroatoms. The topological polar surface area (TPSA) is 29.3 Å². The van der Waals surface area contributed by atoms with Crippen LogP contribution in [0.5, 0.6) is 0 Å². The van der Waals surface area contributed by atoms with Gasteiger partial charge in [0.1, 0.15) is 0 Å². The third-order valence-corrected chi connectivity index (χ3v) is 3.18. The van der Waals surface area contributed by atoms with Crippen LogP contribution < -0.4 is 5.32 Å². The highest BCUT2D eigenvalue weighted by Crippen LogP contribution is 2.18. The van der Waals surface area contributed by atoms with Gasteiger partial charge < -0.3 is 5.32 Å². The summed E-state index contributed by atoms with van der Waals surface area (Å²) < 4.78 is 1.96. The molecule has 2 aromatic heterocycles. The molecular weight excluding hydrogens is 186 g/mol. The molecule has 0 aromatic carbocycles. The highest BCUT2D eigenvalue weighted by atomic mass is 15.2. The third-order valence-electron chi connectivity index (χ3n) is 3.18. The van der Waals surface area contributed by atoms with E-state index in [4.69, 9.17) is 0 Å². The van der Waals surface area contributed by atoms with Gasteiger partial charge in [-0.1, -0.05) is 6.07 Å². The van der Waals surface area contributed by atoms with E-state index in [-0.39, 0.29) is 0 Å². The third kappa shape index (κ3) is 1.63. The van der Waals surface area contributed by atoms with Crippen LogP contribution in [-0.4, -0.2) is 22.7 Å². The lowest BCUT2D eigenvalue weighted by atomic mass is 10.00. The van der Waals surface area contributed by atoms with Gasteiger partial charge >= 0.3 is 0 Å². The molecule has 0 saturated carbocycles. The van der Waals surface area contributed by atoms with Crippen LogP contribution in [0.4, 0.5) is 0 Å². The minimum atomic E-state index is 0.790. The second kappa shape index (κ2) is 3.66. The molecule has 15 heavy (non-hydrogen) atoms. The van der Waals surface area contributed by atoms with Crippen LogP contribution >= 0.6 is 0 Å². The van der Waals surface area contributed by atoms with Crippen LogP contribution in [0.25, 0.3) is 5.52 Å². The fraction of sp³-hybridized carbons (Fsp3) is 0.417. The van der Waals surface area contributed by atoms with Crippen LogP contribution in [-0.2, 0) is 6.42 Å². The van der Waals surface area contributed by atoms with Crippen LogP contribution in [0.3, 0.4) is 0 Å². The van der Waals surface area contributed by atoms with Crippen LogP contribution in [0.15, 0.2) is 30.6 Å². The molecule has 78 valence electrons. The van der Waals surface area contributed by atoms with E-state index in [2.05, 4.69) is 22.5 Å². The quantitative estimate of drug-likeness (QED) is 0.797. The molecule has 0 bridgehead atoms. The molecule has 3 rings (SSSR count). The fourth-order valence-electron chi connectivity index (χ4n) is 2.34. The van der Waals surface area contributed by atoms with Crippen molar-refractivity contribution in [2.75, 3.05) is 13.1 Å². The van der Waals surface area contributed by atoms with Crippen molar-refractivity contribution in [3.8, 4) is 0 Å². The zero-order chi connectivity index (χ0) is 10.1. The van der Waals surface area contributed by atoms with E-state index in [1.165, 1.54) is 24.0 Å². The van der Waals surface area contributed by atoms with Crippen molar-refractivity contribution in [2.45, 2.75) is 12.8 Å². The Labute approximate surface area is 89.1 Å². The summed E-state index contributed by atoms with van der Waals surface area (Å²) in [7, 11) is 0. The minimum absolute atomic E-state index is 0.790. The predicted molar refractivity (Wildman–Crippen MR) is 59.9 cm³/mol. The molecule has 1 saturated heterocycles. The van der Waals surface area contributed by atoms with Gasteiger partial charge in [-0.25, -0.2) is 4.52 Å². The monoisotopic (exact) mass is 201 g/mol. The van der Waals surface area contributed by atoms with E-state index < -0.39 is 0 Å². The van der Waals surface area contributed by atoms with Gasteiger partial charge in [-0.3, -0.25) is 0 Å². The molecule has 0 spiro atoms. The molecule has 2 aromatic rings. The van der Waals surface area contributed by atoms with Gasteiger partial charge in [-0.15, -0.1) is 0 Å². The summed E-state index contributed by atoms with van der Waals surface area (Å²) in [4.78, 5) is 0. The summed E-state index contributed by atoms with van der Waals surface area (Å²) in [5.74, 6) is 0.790. The highest BCUT2D eigenvalue weighted by molar-refractivity contribution is 5.53. The van der Waals surface area contributed by atoms with Gasteiger partial charge in [0, 0.05) is 6.20 Å². The number of nitrogens with one attached hydrogen (secondary N) is 1. The lowest BCUT2D eigenvalue weighted by Gasteiger charge is -2.05. The second-order valence-electron chi connectivity index (χ2n) is 4.26. The molecule has 3 nitrogen and oxygen atoms in total. The summed E-state index contributed by atoms with van der Waals surface area (Å²) in [6.45, 7) is 2.33. The molecule has 0 radical (unpaired) electrons. The summed E-state index contributed by atoms with van der Waals surface area (Å²) in [5, 5.41) is 7.76. The summed E-state index contributed by atoms with van der Waals surface area (Å²) >= 11 is 0. The lowest BCUT2D eigenvalue weighted by molar-refractivity contribution is 0.582. The first-order valence-electron chi connectivity index (χ1n) is 5.55. The number of pyridine rings is 1. The SMILES string of the molecule is c1ccn2ncc(CC3CCNC3)c2c1. The number of hydrogen-bond donors (Lipinski definition) is 1. The zero-order valence-electron chi connectivity index (χ0n) is 8.69. The Hall–Kier alpha value is -1.35. The van der Waals surface area contributed by atoms with Gasteiger partial charge in [0.2, 0.25) is 0 Å². The largest absolute Gasteiger partial charge is 0.316 e. The van der Waals surface area contributed by atoms with E-state index in [9.17, 15) is 0 Å². The first-order valence-corrected chi connectivity index (χ1v) is 5.55. The molecule has 0 aliphatic carbocycles. The van der Waals surface area contributed by atoms with Gasteiger partial charge in [-0.2, -0.15) is 5.10 Å². The number of rotatable bonds is 2. The van der Waals surface area contributed by atoms with Crippen molar-refractivity contribution in [3.63, 3.8) is 0 Å². The molecule has 3 heterocycles. The van der Waals surface area contributed by atoms with Crippen LogP contribution in [0.1, 0.15) is 12.0 Å². The lowest BCUT2D eigenvalue weighted by Crippen LogP contribution is -2.10. The molecule has 1 fully saturated rings. The van der Waals surface area contributed by atoms with E-state index in [0.29, 0.717) is 0 Å². The highest BCUT2D eigenvalue weighted by Gasteiger charge is 2.16. The first-order chi connectivity index (χ1) is 7.43. The van der Waals surface area contributed by atoms with Gasteiger partial charge in [-0.05, 0) is 49.5 Å². The number of hydrogen-bond acceptors (Lipinski definition) is 2. The molecule has 1 unspecified atom stereocenters. The molecule has 1 aliphatic heterocycles. The number of aromatic nitrogens is 2. The fourth-order valence-corrected chi connectivity index (χ4v) is 2.34. The van der Waals surface area contributed by atoms with Crippen molar-refractivity contribution >= 4 is 5.52 Å². The summed E-state index contributed by atoms with van der Waals surface area (Å²) in [6, 6.07) is 6.24. The molecular formula is C12H15N3. The zero-order valence-corrected chi connectivity index (χ0v) is 8.69. The maximum absolute atomic E-state index is 4.36. The number of nitrogens with zero attached hydrogens (tertiary/aromatic N) is 2. The van der Waals surface area contributed by atoms with Gasteiger partial charge in [0.05, 0.1) is 11.7 Å². The Balaban J connectivity index is 1.90. The average Bonchev–Trinajstić information content (AvgIpc) is 2.89. The van der Waals surface area contributed by atoms with E-state index >= 15 is 0 Å². The van der Waals surface area contributed by atoms with E-state index in [1.54, 1.807) is 0 Å². The van der Waals surface area contributed by atoms with Gasteiger partial charge in [0.15, 0.2) is 0 Å². The first kappa shape index (κ1) is 8.92. The van der Waals surface area contributed by atoms with Crippen LogP contribution in [0.2, 0.25) is 0 Å². The molecule has 1 atom stereocenters. The average molecular weight is 201 g/mol. The molecule has 1 aliphatic rings. The second-order valence-corrected chi connectivity index (χ2v) is 4.26. The smallest absolute Gasteiger partial charge is 0.0693 e. The molecule has 1 N–H and O–H groups in total. The Morgan fingerprint density at radius 2 is 2.47 bits per heavy atom. The van der Waals surface area contributed by atoms with E-state index in [0.717, 1.165) is 18.9 Å². The minimum Gasteiger partial charge on any atom is -0.316 e. The normalized spacial score (nSPS) is 21.2. The standard InChI is InChI=1S/C12H15N3/c1-2-6-15-12(3-1)11(9-14-15)7-10-4-5-13-8-10/h1-3,6,9-10,13H,4-5,7-8H2. The number of fused-ring (bicyclic) bond motifs is 1. The van der Waals surface area contributed by atoms with Crippen molar-refractivity contribution in [1.29, 1.82) is 0 Å². The maximum Gasteiger partial charge on any atom is 0.0693 e.